The Morgan fingerprint density at radius 1 is 1.35 bits per heavy atom. The van der Waals surface area contributed by atoms with Crippen molar-refractivity contribution in [3.05, 3.63) is 52.0 Å². The van der Waals surface area contributed by atoms with Crippen molar-refractivity contribution in [3.63, 3.8) is 0 Å². The number of phenolic OH excluding ortho intramolecular Hbond substituents is 1. The molecule has 0 spiro atoms. The van der Waals surface area contributed by atoms with Gasteiger partial charge in [-0.05, 0) is 29.5 Å². The summed E-state index contributed by atoms with van der Waals surface area (Å²) >= 11 is 1.55. The van der Waals surface area contributed by atoms with Crippen molar-refractivity contribution in [2.75, 3.05) is 0 Å². The lowest BCUT2D eigenvalue weighted by molar-refractivity contribution is 0.0922. The number of amides is 1. The average Bonchev–Trinajstić information content (AvgIpc) is 2.88. The number of benzene rings is 1. The van der Waals surface area contributed by atoms with Crippen LogP contribution in [0.25, 0.3) is 0 Å². The molecular formula is C15H16FNO2S. The molecule has 1 aromatic heterocycles. The van der Waals surface area contributed by atoms with Crippen LogP contribution < -0.4 is 5.32 Å². The third-order valence-corrected chi connectivity index (χ3v) is 3.96. The van der Waals surface area contributed by atoms with Gasteiger partial charge in [-0.25, -0.2) is 4.39 Å². The van der Waals surface area contributed by atoms with E-state index in [2.05, 4.69) is 5.32 Å². The van der Waals surface area contributed by atoms with Crippen molar-refractivity contribution in [1.82, 2.24) is 5.32 Å². The van der Waals surface area contributed by atoms with Gasteiger partial charge in [-0.3, -0.25) is 4.79 Å². The zero-order valence-electron chi connectivity index (χ0n) is 11.3. The molecule has 2 aromatic rings. The molecule has 0 aliphatic rings. The first-order valence-electron chi connectivity index (χ1n) is 6.32. The molecule has 1 atom stereocenters. The molecule has 0 aliphatic carbocycles. The molecular weight excluding hydrogens is 277 g/mol. The van der Waals surface area contributed by atoms with Gasteiger partial charge < -0.3 is 10.4 Å². The van der Waals surface area contributed by atoms with Crippen LogP contribution in [0.15, 0.2) is 35.7 Å². The second kappa shape index (κ2) is 6.05. The number of nitrogens with one attached hydrogen (secondary N) is 1. The van der Waals surface area contributed by atoms with Gasteiger partial charge in [-0.2, -0.15) is 0 Å². The number of hydrogen-bond acceptors (Lipinski definition) is 3. The Balaban J connectivity index is 2.21. The second-order valence-corrected chi connectivity index (χ2v) is 5.85. The summed E-state index contributed by atoms with van der Waals surface area (Å²) in [6.45, 7) is 4.00. The van der Waals surface area contributed by atoms with Crippen molar-refractivity contribution in [2.45, 2.75) is 19.9 Å². The fourth-order valence-electron chi connectivity index (χ4n) is 1.94. The minimum atomic E-state index is -0.726. The summed E-state index contributed by atoms with van der Waals surface area (Å²) in [5.74, 6) is -1.21. The van der Waals surface area contributed by atoms with Crippen LogP contribution in [0.5, 0.6) is 5.75 Å². The van der Waals surface area contributed by atoms with Gasteiger partial charge in [-0.15, -0.1) is 11.3 Å². The first-order chi connectivity index (χ1) is 9.49. The highest BCUT2D eigenvalue weighted by Gasteiger charge is 2.21. The Bertz CT molecular complexity index is 596. The number of phenols is 1. The van der Waals surface area contributed by atoms with Gasteiger partial charge in [0, 0.05) is 10.9 Å². The van der Waals surface area contributed by atoms with E-state index in [0.29, 0.717) is 0 Å². The maximum atomic E-state index is 13.7. The van der Waals surface area contributed by atoms with E-state index in [1.54, 1.807) is 11.3 Å². The fraction of sp³-hybridized carbons (Fsp3) is 0.267. The molecule has 1 heterocycles. The molecule has 0 saturated carbocycles. The summed E-state index contributed by atoms with van der Waals surface area (Å²) in [5, 5.41) is 14.0. The lowest BCUT2D eigenvalue weighted by Crippen LogP contribution is -2.31. The standard InChI is InChI=1S/C15H16FNO2S/c1-9(2)14(13-4-3-7-20-13)17-15(19)11-6-5-10(18)8-12(11)16/h3-9,14,18H,1-2H3,(H,17,19). The third-order valence-electron chi connectivity index (χ3n) is 3.00. The molecule has 1 unspecified atom stereocenters. The van der Waals surface area contributed by atoms with E-state index in [0.717, 1.165) is 10.9 Å². The maximum Gasteiger partial charge on any atom is 0.254 e. The van der Waals surface area contributed by atoms with Crippen molar-refractivity contribution >= 4 is 17.2 Å². The van der Waals surface area contributed by atoms with Crippen molar-refractivity contribution < 1.29 is 14.3 Å². The molecule has 2 N–H and O–H groups in total. The van der Waals surface area contributed by atoms with Crippen LogP contribution in [0.4, 0.5) is 4.39 Å². The Labute approximate surface area is 121 Å². The second-order valence-electron chi connectivity index (χ2n) is 4.87. The minimum Gasteiger partial charge on any atom is -0.508 e. The van der Waals surface area contributed by atoms with Gasteiger partial charge in [0.15, 0.2) is 0 Å². The van der Waals surface area contributed by atoms with E-state index >= 15 is 0 Å². The van der Waals surface area contributed by atoms with E-state index in [9.17, 15) is 9.18 Å². The smallest absolute Gasteiger partial charge is 0.254 e. The van der Waals surface area contributed by atoms with Gasteiger partial charge in [0.1, 0.15) is 11.6 Å². The van der Waals surface area contributed by atoms with Gasteiger partial charge >= 0.3 is 0 Å². The van der Waals surface area contributed by atoms with E-state index < -0.39 is 11.7 Å². The highest BCUT2D eigenvalue weighted by atomic mass is 32.1. The summed E-state index contributed by atoms with van der Waals surface area (Å²) in [6, 6.07) is 7.23. The summed E-state index contributed by atoms with van der Waals surface area (Å²) in [4.78, 5) is 13.2. The Morgan fingerprint density at radius 2 is 2.10 bits per heavy atom. The quantitative estimate of drug-likeness (QED) is 0.902. The lowest BCUT2D eigenvalue weighted by Gasteiger charge is -2.21. The largest absolute Gasteiger partial charge is 0.508 e. The monoisotopic (exact) mass is 293 g/mol. The van der Waals surface area contributed by atoms with Crippen LogP contribution in [-0.4, -0.2) is 11.0 Å². The van der Waals surface area contributed by atoms with E-state index in [4.69, 9.17) is 5.11 Å². The number of carbonyl (C=O) groups is 1. The summed E-state index contributed by atoms with van der Waals surface area (Å²) in [6.07, 6.45) is 0. The molecule has 5 heteroatoms. The third kappa shape index (κ3) is 3.17. The molecule has 106 valence electrons. The van der Waals surface area contributed by atoms with Crippen molar-refractivity contribution in [2.24, 2.45) is 5.92 Å². The molecule has 0 saturated heterocycles. The highest BCUT2D eigenvalue weighted by Crippen LogP contribution is 2.26. The molecule has 0 radical (unpaired) electrons. The van der Waals surface area contributed by atoms with Gasteiger partial charge in [0.25, 0.3) is 5.91 Å². The molecule has 0 bridgehead atoms. The molecule has 0 aliphatic heterocycles. The van der Waals surface area contributed by atoms with Crippen LogP contribution in [0.1, 0.15) is 35.1 Å². The number of rotatable bonds is 4. The molecule has 2 rings (SSSR count). The van der Waals surface area contributed by atoms with Crippen molar-refractivity contribution in [3.8, 4) is 5.75 Å². The topological polar surface area (TPSA) is 49.3 Å². The van der Waals surface area contributed by atoms with Gasteiger partial charge in [-0.1, -0.05) is 19.9 Å². The van der Waals surface area contributed by atoms with E-state index in [1.165, 1.54) is 12.1 Å². The normalized spacial score (nSPS) is 12.4. The zero-order valence-corrected chi connectivity index (χ0v) is 12.1. The van der Waals surface area contributed by atoms with Gasteiger partial charge in [0.2, 0.25) is 0 Å². The molecule has 0 fully saturated rings. The number of carbonyl (C=O) groups excluding carboxylic acids is 1. The number of aromatic hydroxyl groups is 1. The lowest BCUT2D eigenvalue weighted by atomic mass is 10.0. The van der Waals surface area contributed by atoms with Gasteiger partial charge in [0.05, 0.1) is 11.6 Å². The molecule has 3 nitrogen and oxygen atoms in total. The molecule has 1 aromatic carbocycles. The van der Waals surface area contributed by atoms with Crippen LogP contribution in [0.3, 0.4) is 0 Å². The summed E-state index contributed by atoms with van der Waals surface area (Å²) in [5.41, 5.74) is -0.0648. The number of thiophene rings is 1. The molecule has 20 heavy (non-hydrogen) atoms. The van der Waals surface area contributed by atoms with E-state index in [1.807, 2.05) is 31.4 Å². The molecule has 1 amide bonds. The predicted octanol–water partition coefficient (Wildman–Crippen LogP) is 3.72. The summed E-state index contributed by atoms with van der Waals surface area (Å²) < 4.78 is 13.7. The summed E-state index contributed by atoms with van der Waals surface area (Å²) in [7, 11) is 0. The Hall–Kier alpha value is -1.88. The van der Waals surface area contributed by atoms with E-state index in [-0.39, 0.29) is 23.3 Å². The predicted molar refractivity (Wildman–Crippen MR) is 77.4 cm³/mol. The van der Waals surface area contributed by atoms with Crippen LogP contribution in [0.2, 0.25) is 0 Å². The van der Waals surface area contributed by atoms with Crippen LogP contribution >= 0.6 is 11.3 Å². The highest BCUT2D eigenvalue weighted by molar-refractivity contribution is 7.10. The first-order valence-corrected chi connectivity index (χ1v) is 7.19. The fourth-order valence-corrected chi connectivity index (χ4v) is 2.89. The maximum absolute atomic E-state index is 13.7. The Morgan fingerprint density at radius 3 is 2.65 bits per heavy atom. The average molecular weight is 293 g/mol. The first kappa shape index (κ1) is 14.5. The number of hydrogen-bond donors (Lipinski definition) is 2. The minimum absolute atomic E-state index is 0.0648. The SMILES string of the molecule is CC(C)C(NC(=O)c1ccc(O)cc1F)c1cccs1. The zero-order chi connectivity index (χ0) is 14.7. The van der Waals surface area contributed by atoms with Crippen molar-refractivity contribution in [1.29, 1.82) is 0 Å². The van der Waals surface area contributed by atoms with Crippen LogP contribution in [-0.2, 0) is 0 Å². The Kier molecular flexibility index (Phi) is 4.39. The van der Waals surface area contributed by atoms with Crippen LogP contribution in [0, 0.1) is 11.7 Å². The number of halogens is 1.